The number of nitrogens with zero attached hydrogens (tertiary/aromatic N) is 2. The van der Waals surface area contributed by atoms with Crippen LogP contribution in [0.2, 0.25) is 0 Å². The number of rotatable bonds is 2. The van der Waals surface area contributed by atoms with Crippen molar-refractivity contribution < 1.29 is 18.7 Å². The monoisotopic (exact) mass is 258 g/mol. The number of fused-ring (bicyclic) bond motifs is 1. The Morgan fingerprint density at radius 2 is 2.00 bits per heavy atom. The first-order valence-corrected chi connectivity index (χ1v) is 5.63. The molecule has 1 N–H and O–H groups in total. The van der Waals surface area contributed by atoms with Crippen molar-refractivity contribution in [1.29, 1.82) is 0 Å². The van der Waals surface area contributed by atoms with Crippen molar-refractivity contribution in [1.82, 2.24) is 9.97 Å². The van der Waals surface area contributed by atoms with Crippen LogP contribution >= 0.6 is 0 Å². The lowest BCUT2D eigenvalue weighted by Crippen LogP contribution is -1.96. The summed E-state index contributed by atoms with van der Waals surface area (Å²) in [6.07, 6.45) is 0. The molecule has 19 heavy (non-hydrogen) atoms. The highest BCUT2D eigenvalue weighted by molar-refractivity contribution is 6.00. The van der Waals surface area contributed by atoms with Crippen LogP contribution in [0.25, 0.3) is 22.8 Å². The Balaban J connectivity index is 2.25. The summed E-state index contributed by atoms with van der Waals surface area (Å²) in [6.45, 7) is 3.50. The van der Waals surface area contributed by atoms with Crippen LogP contribution in [0, 0.1) is 13.8 Å². The molecule has 0 radical (unpaired) electrons. The zero-order valence-corrected chi connectivity index (χ0v) is 10.3. The number of carboxylic acids is 1. The van der Waals surface area contributed by atoms with Gasteiger partial charge in [0.2, 0.25) is 5.76 Å². The maximum absolute atomic E-state index is 11.1. The molecule has 0 fully saturated rings. The van der Waals surface area contributed by atoms with Gasteiger partial charge >= 0.3 is 5.97 Å². The quantitative estimate of drug-likeness (QED) is 0.760. The lowest BCUT2D eigenvalue weighted by molar-refractivity contribution is 0.0699. The standard InChI is InChI=1S/C13H10N2O4/c1-6-11(18-7(2)14-6)12-15-10-8(13(16)17)4-3-5-9(10)19-12/h3-5H,1-2H3,(H,16,17). The van der Waals surface area contributed by atoms with E-state index in [4.69, 9.17) is 13.9 Å². The van der Waals surface area contributed by atoms with Gasteiger partial charge in [0.15, 0.2) is 11.5 Å². The minimum absolute atomic E-state index is 0.0985. The molecule has 0 bridgehead atoms. The van der Waals surface area contributed by atoms with Gasteiger partial charge in [0.1, 0.15) is 5.52 Å². The highest BCUT2D eigenvalue weighted by Gasteiger charge is 2.19. The van der Waals surface area contributed by atoms with Crippen molar-refractivity contribution in [2.75, 3.05) is 0 Å². The summed E-state index contributed by atoms with van der Waals surface area (Å²) in [4.78, 5) is 19.4. The van der Waals surface area contributed by atoms with Crippen LogP contribution in [0.4, 0.5) is 0 Å². The van der Waals surface area contributed by atoms with Gasteiger partial charge in [-0.15, -0.1) is 0 Å². The van der Waals surface area contributed by atoms with Gasteiger partial charge in [-0.1, -0.05) is 6.07 Å². The second-order valence-electron chi connectivity index (χ2n) is 4.12. The zero-order valence-electron chi connectivity index (χ0n) is 10.3. The summed E-state index contributed by atoms with van der Waals surface area (Å²) < 4.78 is 10.9. The van der Waals surface area contributed by atoms with Crippen LogP contribution in [0.5, 0.6) is 0 Å². The maximum atomic E-state index is 11.1. The summed E-state index contributed by atoms with van der Waals surface area (Å²) in [5, 5.41) is 9.10. The molecular formula is C13H10N2O4. The molecule has 0 saturated heterocycles. The summed E-state index contributed by atoms with van der Waals surface area (Å²) in [6, 6.07) is 4.76. The van der Waals surface area contributed by atoms with Gasteiger partial charge in [-0.2, -0.15) is 0 Å². The molecule has 6 nitrogen and oxygen atoms in total. The summed E-state index contributed by atoms with van der Waals surface area (Å²) in [7, 11) is 0. The molecule has 0 aliphatic carbocycles. The Morgan fingerprint density at radius 3 is 2.63 bits per heavy atom. The van der Waals surface area contributed by atoms with E-state index < -0.39 is 5.97 Å². The fraction of sp³-hybridized carbons (Fsp3) is 0.154. The highest BCUT2D eigenvalue weighted by atomic mass is 16.4. The summed E-state index contributed by atoms with van der Waals surface area (Å²) in [5.74, 6) is 0.121. The minimum Gasteiger partial charge on any atom is -0.478 e. The van der Waals surface area contributed by atoms with Crippen LogP contribution in [0.1, 0.15) is 21.9 Å². The van der Waals surface area contributed by atoms with E-state index in [1.165, 1.54) is 6.07 Å². The van der Waals surface area contributed by atoms with E-state index in [0.717, 1.165) is 0 Å². The van der Waals surface area contributed by atoms with E-state index in [0.29, 0.717) is 28.4 Å². The van der Waals surface area contributed by atoms with Crippen molar-refractivity contribution in [2.45, 2.75) is 13.8 Å². The highest BCUT2D eigenvalue weighted by Crippen LogP contribution is 2.28. The lowest BCUT2D eigenvalue weighted by Gasteiger charge is -1.92. The Morgan fingerprint density at radius 1 is 1.21 bits per heavy atom. The number of aryl methyl sites for hydroxylation is 2. The predicted molar refractivity (Wildman–Crippen MR) is 65.9 cm³/mol. The molecular weight excluding hydrogens is 248 g/mol. The SMILES string of the molecule is Cc1nc(C)c(-c2nc3c(C(=O)O)cccc3o2)o1. The first kappa shape index (κ1) is 11.5. The molecule has 0 saturated carbocycles. The third-order valence-electron chi connectivity index (χ3n) is 2.75. The van der Waals surface area contributed by atoms with E-state index in [9.17, 15) is 4.79 Å². The second-order valence-corrected chi connectivity index (χ2v) is 4.12. The van der Waals surface area contributed by atoms with Gasteiger partial charge in [0.05, 0.1) is 11.3 Å². The molecule has 0 atom stereocenters. The Bertz CT molecular complexity index is 785. The lowest BCUT2D eigenvalue weighted by atomic mass is 10.2. The Hall–Kier alpha value is -2.63. The van der Waals surface area contributed by atoms with Gasteiger partial charge < -0.3 is 13.9 Å². The van der Waals surface area contributed by atoms with E-state index in [1.54, 1.807) is 26.0 Å². The number of para-hydroxylation sites is 1. The Labute approximate surface area is 107 Å². The summed E-state index contributed by atoms with van der Waals surface area (Å²) in [5.41, 5.74) is 1.46. The topological polar surface area (TPSA) is 89.4 Å². The number of carbonyl (C=O) groups is 1. The average Bonchev–Trinajstić information content (AvgIpc) is 2.91. The number of benzene rings is 1. The van der Waals surface area contributed by atoms with Gasteiger partial charge in [-0.05, 0) is 19.1 Å². The van der Waals surface area contributed by atoms with Gasteiger partial charge in [-0.3, -0.25) is 0 Å². The molecule has 3 rings (SSSR count). The van der Waals surface area contributed by atoms with E-state index >= 15 is 0 Å². The van der Waals surface area contributed by atoms with Crippen molar-refractivity contribution in [3.8, 4) is 11.7 Å². The first-order valence-electron chi connectivity index (χ1n) is 5.63. The van der Waals surface area contributed by atoms with Gasteiger partial charge in [-0.25, -0.2) is 14.8 Å². The van der Waals surface area contributed by atoms with E-state index in [1.807, 2.05) is 0 Å². The fourth-order valence-electron chi connectivity index (χ4n) is 1.95. The fourth-order valence-corrected chi connectivity index (χ4v) is 1.95. The van der Waals surface area contributed by atoms with Crippen molar-refractivity contribution in [3.05, 3.63) is 35.3 Å². The number of hydrogen-bond donors (Lipinski definition) is 1. The third-order valence-corrected chi connectivity index (χ3v) is 2.75. The number of aromatic nitrogens is 2. The molecule has 0 aliphatic rings. The molecule has 0 aliphatic heterocycles. The van der Waals surface area contributed by atoms with Gasteiger partial charge in [0.25, 0.3) is 5.89 Å². The molecule has 0 amide bonds. The van der Waals surface area contributed by atoms with Crippen LogP contribution in [0.15, 0.2) is 27.0 Å². The molecule has 2 aromatic heterocycles. The van der Waals surface area contributed by atoms with E-state index in [2.05, 4.69) is 9.97 Å². The van der Waals surface area contributed by atoms with Crippen molar-refractivity contribution >= 4 is 17.1 Å². The number of carboxylic acid groups (broad SMARTS) is 1. The molecule has 3 aromatic rings. The van der Waals surface area contributed by atoms with Gasteiger partial charge in [0, 0.05) is 6.92 Å². The normalized spacial score (nSPS) is 11.1. The third kappa shape index (κ3) is 1.77. The average molecular weight is 258 g/mol. The minimum atomic E-state index is -1.05. The van der Waals surface area contributed by atoms with Crippen LogP contribution < -0.4 is 0 Å². The maximum Gasteiger partial charge on any atom is 0.338 e. The molecule has 2 heterocycles. The number of hydrogen-bond acceptors (Lipinski definition) is 5. The largest absolute Gasteiger partial charge is 0.478 e. The Kier molecular flexibility index (Phi) is 2.38. The number of oxazole rings is 2. The second kappa shape index (κ2) is 3.94. The summed E-state index contributed by atoms with van der Waals surface area (Å²) >= 11 is 0. The molecule has 6 heteroatoms. The smallest absolute Gasteiger partial charge is 0.338 e. The van der Waals surface area contributed by atoms with Crippen molar-refractivity contribution in [2.24, 2.45) is 0 Å². The predicted octanol–water partition coefficient (Wildman–Crippen LogP) is 2.80. The number of aromatic carboxylic acids is 1. The van der Waals surface area contributed by atoms with Crippen molar-refractivity contribution in [3.63, 3.8) is 0 Å². The molecule has 96 valence electrons. The van der Waals surface area contributed by atoms with Crippen LogP contribution in [-0.2, 0) is 0 Å². The molecule has 0 unspecified atom stereocenters. The zero-order chi connectivity index (χ0) is 13.6. The first-order chi connectivity index (χ1) is 9.06. The van der Waals surface area contributed by atoms with E-state index in [-0.39, 0.29) is 11.5 Å². The van der Waals surface area contributed by atoms with Crippen LogP contribution in [0.3, 0.4) is 0 Å². The van der Waals surface area contributed by atoms with Crippen LogP contribution in [-0.4, -0.2) is 21.0 Å². The molecule has 0 spiro atoms. The molecule has 1 aromatic carbocycles.